The maximum atomic E-state index is 13.4. The van der Waals surface area contributed by atoms with Crippen LogP contribution >= 0.6 is 11.6 Å². The van der Waals surface area contributed by atoms with E-state index in [-0.39, 0.29) is 22.8 Å². The first-order valence-electron chi connectivity index (χ1n) is 5.20. The van der Waals surface area contributed by atoms with Crippen molar-refractivity contribution in [3.05, 3.63) is 64.4 Å². The Balaban J connectivity index is 2.16. The summed E-state index contributed by atoms with van der Waals surface area (Å²) < 4.78 is 40.1. The minimum Gasteiger partial charge on any atom is -0.378 e. The number of benzene rings is 2. The average Bonchev–Trinajstić information content (AvgIpc) is 2.31. The molecule has 1 N–H and O–H groups in total. The van der Waals surface area contributed by atoms with Crippen LogP contribution in [-0.4, -0.2) is 0 Å². The molecule has 0 heterocycles. The molecule has 2 aromatic carbocycles. The lowest BCUT2D eigenvalue weighted by molar-refractivity contribution is 0.559. The molecule has 0 aliphatic heterocycles. The summed E-state index contributed by atoms with van der Waals surface area (Å²) in [5.74, 6) is -1.91. The molecule has 0 spiro atoms. The molecule has 0 bridgehead atoms. The third-order valence-corrected chi connectivity index (χ3v) is 2.68. The van der Waals surface area contributed by atoms with Crippen molar-refractivity contribution >= 4 is 17.3 Å². The first-order valence-corrected chi connectivity index (χ1v) is 5.57. The molecule has 0 aliphatic carbocycles. The van der Waals surface area contributed by atoms with Crippen molar-refractivity contribution in [3.63, 3.8) is 0 Å². The highest BCUT2D eigenvalue weighted by molar-refractivity contribution is 6.30. The molecule has 94 valence electrons. The van der Waals surface area contributed by atoms with E-state index < -0.39 is 17.5 Å². The number of hydrogen-bond acceptors (Lipinski definition) is 1. The van der Waals surface area contributed by atoms with Gasteiger partial charge in [0, 0.05) is 17.1 Å². The van der Waals surface area contributed by atoms with Crippen LogP contribution in [0.2, 0.25) is 5.02 Å². The van der Waals surface area contributed by atoms with Crippen LogP contribution in [0.5, 0.6) is 0 Å². The van der Waals surface area contributed by atoms with Gasteiger partial charge in [-0.3, -0.25) is 0 Å². The van der Waals surface area contributed by atoms with E-state index in [4.69, 9.17) is 11.6 Å². The monoisotopic (exact) mass is 271 g/mol. The molecule has 0 radical (unpaired) electrons. The normalized spacial score (nSPS) is 10.4. The Kier molecular flexibility index (Phi) is 3.77. The van der Waals surface area contributed by atoms with E-state index in [1.54, 1.807) is 0 Å². The van der Waals surface area contributed by atoms with Gasteiger partial charge in [-0.05, 0) is 30.3 Å². The predicted octanol–water partition coefficient (Wildman–Crippen LogP) is 4.37. The Morgan fingerprint density at radius 1 is 0.944 bits per heavy atom. The van der Waals surface area contributed by atoms with Gasteiger partial charge in [-0.2, -0.15) is 0 Å². The summed E-state index contributed by atoms with van der Waals surface area (Å²) in [7, 11) is 0. The highest BCUT2D eigenvalue weighted by atomic mass is 35.5. The summed E-state index contributed by atoms with van der Waals surface area (Å²) in [5.41, 5.74) is 0.00824. The number of hydrogen-bond donors (Lipinski definition) is 1. The van der Waals surface area contributed by atoms with Crippen LogP contribution in [0.4, 0.5) is 18.9 Å². The van der Waals surface area contributed by atoms with Gasteiger partial charge in [0.2, 0.25) is 0 Å². The van der Waals surface area contributed by atoms with E-state index in [9.17, 15) is 13.2 Å². The Morgan fingerprint density at radius 3 is 2.22 bits per heavy atom. The van der Waals surface area contributed by atoms with Gasteiger partial charge in [0.15, 0.2) is 0 Å². The molecule has 0 saturated heterocycles. The van der Waals surface area contributed by atoms with Crippen LogP contribution in [-0.2, 0) is 6.54 Å². The largest absolute Gasteiger partial charge is 0.378 e. The first kappa shape index (κ1) is 12.8. The topological polar surface area (TPSA) is 12.0 Å². The highest BCUT2D eigenvalue weighted by Crippen LogP contribution is 2.20. The van der Waals surface area contributed by atoms with Crippen molar-refractivity contribution in [1.29, 1.82) is 0 Å². The van der Waals surface area contributed by atoms with Crippen molar-refractivity contribution in [1.82, 2.24) is 0 Å². The zero-order valence-electron chi connectivity index (χ0n) is 9.18. The number of halogens is 4. The molecule has 5 heteroatoms. The van der Waals surface area contributed by atoms with Crippen LogP contribution in [0, 0.1) is 17.5 Å². The number of rotatable bonds is 3. The van der Waals surface area contributed by atoms with Crippen LogP contribution in [0.3, 0.4) is 0 Å². The van der Waals surface area contributed by atoms with E-state index in [1.165, 1.54) is 18.2 Å². The van der Waals surface area contributed by atoms with Crippen LogP contribution in [0.1, 0.15) is 5.56 Å². The summed E-state index contributed by atoms with van der Waals surface area (Å²) in [4.78, 5) is 0. The van der Waals surface area contributed by atoms with Crippen molar-refractivity contribution in [2.24, 2.45) is 0 Å². The highest BCUT2D eigenvalue weighted by Gasteiger charge is 2.09. The van der Waals surface area contributed by atoms with Crippen LogP contribution in [0.25, 0.3) is 0 Å². The Morgan fingerprint density at radius 2 is 1.61 bits per heavy atom. The second kappa shape index (κ2) is 5.31. The summed E-state index contributed by atoms with van der Waals surface area (Å²) in [6.45, 7) is -0.142. The lowest BCUT2D eigenvalue weighted by atomic mass is 10.2. The number of anilines is 1. The van der Waals surface area contributed by atoms with E-state index >= 15 is 0 Å². The third-order valence-electron chi connectivity index (χ3n) is 2.45. The third kappa shape index (κ3) is 2.76. The summed E-state index contributed by atoms with van der Waals surface area (Å²) in [6.07, 6.45) is 0. The van der Waals surface area contributed by atoms with E-state index in [1.807, 2.05) is 0 Å². The predicted molar refractivity (Wildman–Crippen MR) is 65.1 cm³/mol. The van der Waals surface area contributed by atoms with Crippen LogP contribution < -0.4 is 5.32 Å². The molecule has 0 fully saturated rings. The molecule has 2 aromatic rings. The van der Waals surface area contributed by atoms with Crippen LogP contribution in [0.15, 0.2) is 36.4 Å². The standard InChI is InChI=1S/C13H9ClF3N/c14-8-4-5-13(12(17)6-8)18-7-9-10(15)2-1-3-11(9)16/h1-6,18H,7H2. The molecule has 18 heavy (non-hydrogen) atoms. The van der Waals surface area contributed by atoms with Crippen molar-refractivity contribution in [3.8, 4) is 0 Å². The Labute approximate surface area is 107 Å². The fourth-order valence-electron chi connectivity index (χ4n) is 1.52. The minimum atomic E-state index is -0.670. The Hall–Kier alpha value is -1.68. The van der Waals surface area contributed by atoms with E-state index in [0.29, 0.717) is 0 Å². The molecule has 0 aromatic heterocycles. The first-order chi connectivity index (χ1) is 8.58. The molecular weight excluding hydrogens is 263 g/mol. The van der Waals surface area contributed by atoms with Crippen molar-refractivity contribution < 1.29 is 13.2 Å². The summed E-state index contributed by atoms with van der Waals surface area (Å²) >= 11 is 5.60. The summed E-state index contributed by atoms with van der Waals surface area (Å²) in [5, 5.41) is 2.88. The molecule has 0 aliphatic rings. The van der Waals surface area contributed by atoms with Gasteiger partial charge in [-0.1, -0.05) is 17.7 Å². The van der Waals surface area contributed by atoms with Gasteiger partial charge >= 0.3 is 0 Å². The van der Waals surface area contributed by atoms with Gasteiger partial charge < -0.3 is 5.32 Å². The molecule has 1 nitrogen and oxygen atoms in total. The smallest absolute Gasteiger partial charge is 0.147 e. The Bertz CT molecular complexity index is 552. The molecule has 0 unspecified atom stereocenters. The lowest BCUT2D eigenvalue weighted by Crippen LogP contribution is -2.05. The van der Waals surface area contributed by atoms with Gasteiger partial charge in [-0.25, -0.2) is 13.2 Å². The maximum absolute atomic E-state index is 13.4. The lowest BCUT2D eigenvalue weighted by Gasteiger charge is -2.09. The zero-order chi connectivity index (χ0) is 13.1. The minimum absolute atomic E-state index is 0.133. The average molecular weight is 272 g/mol. The molecule has 2 rings (SSSR count). The van der Waals surface area contributed by atoms with Gasteiger partial charge in [0.05, 0.1) is 5.69 Å². The maximum Gasteiger partial charge on any atom is 0.147 e. The van der Waals surface area contributed by atoms with E-state index in [0.717, 1.165) is 18.2 Å². The number of nitrogens with one attached hydrogen (secondary N) is 1. The zero-order valence-corrected chi connectivity index (χ0v) is 9.94. The quantitative estimate of drug-likeness (QED) is 0.874. The fraction of sp³-hybridized carbons (Fsp3) is 0.0769. The molecule has 0 amide bonds. The molecular formula is C13H9ClF3N. The van der Waals surface area contributed by atoms with Crippen molar-refractivity contribution in [2.75, 3.05) is 5.32 Å². The van der Waals surface area contributed by atoms with Crippen molar-refractivity contribution in [2.45, 2.75) is 6.54 Å². The fourth-order valence-corrected chi connectivity index (χ4v) is 1.68. The summed E-state index contributed by atoms with van der Waals surface area (Å²) in [6, 6.07) is 7.61. The van der Waals surface area contributed by atoms with Gasteiger partial charge in [0.25, 0.3) is 0 Å². The van der Waals surface area contributed by atoms with Gasteiger partial charge in [0.1, 0.15) is 17.5 Å². The van der Waals surface area contributed by atoms with E-state index in [2.05, 4.69) is 5.32 Å². The molecule has 0 atom stereocenters. The SMILES string of the molecule is Fc1cc(Cl)ccc1NCc1c(F)cccc1F. The second-order valence-corrected chi connectivity index (χ2v) is 4.11. The second-order valence-electron chi connectivity index (χ2n) is 3.68. The van der Waals surface area contributed by atoms with Gasteiger partial charge in [-0.15, -0.1) is 0 Å². The molecule has 0 saturated carbocycles.